The summed E-state index contributed by atoms with van der Waals surface area (Å²) >= 11 is 0. The molecule has 6 fully saturated rings. The van der Waals surface area contributed by atoms with Gasteiger partial charge in [0.25, 0.3) is 0 Å². The molecule has 0 amide bonds. The molecule has 1 aromatic rings. The van der Waals surface area contributed by atoms with Crippen molar-refractivity contribution in [1.82, 2.24) is 0 Å². The number of Topliss-reactive ketones (excluding diaryl/α,β-unsaturated/α-hetero) is 1. The summed E-state index contributed by atoms with van der Waals surface area (Å²) in [7, 11) is 0. The van der Waals surface area contributed by atoms with Gasteiger partial charge in [-0.05, 0) is 105 Å². The van der Waals surface area contributed by atoms with Gasteiger partial charge in [0.2, 0.25) is 0 Å². The first-order chi connectivity index (χ1) is 21.0. The molecule has 1 heterocycles. The van der Waals surface area contributed by atoms with Gasteiger partial charge in [0, 0.05) is 28.4 Å². The van der Waals surface area contributed by atoms with Crippen molar-refractivity contribution in [2.45, 2.75) is 108 Å². The highest BCUT2D eigenvalue weighted by molar-refractivity contribution is 6.01. The molecule has 7 aliphatic rings. The molecule has 236 valence electrons. The van der Waals surface area contributed by atoms with Crippen molar-refractivity contribution in [3.05, 3.63) is 59.2 Å². The fraction of sp³-hybridized carbons (Fsp3) is 0.676. The van der Waals surface area contributed by atoms with Gasteiger partial charge in [-0.2, -0.15) is 0 Å². The molecular weight excluding hydrogens is 554 g/mol. The number of carbonyl (C=O) groups excluding carboxylic acids is 2. The molecule has 1 unspecified atom stereocenters. The molecule has 7 heteroatoms. The Balaban J connectivity index is 1.03. The van der Waals surface area contributed by atoms with Crippen LogP contribution in [0.2, 0.25) is 0 Å². The van der Waals surface area contributed by atoms with Crippen molar-refractivity contribution in [3.63, 3.8) is 0 Å². The third kappa shape index (κ3) is 3.98. The summed E-state index contributed by atoms with van der Waals surface area (Å²) in [4.78, 5) is 26.0. The second-order valence-electron chi connectivity index (χ2n) is 15.9. The average Bonchev–Trinajstić information content (AvgIpc) is 3.39. The summed E-state index contributed by atoms with van der Waals surface area (Å²) in [6, 6.07) is 8.87. The Morgan fingerprint density at radius 3 is 2.57 bits per heavy atom. The molecule has 5 saturated carbocycles. The molecule has 1 spiro atoms. The Kier molecular flexibility index (Phi) is 6.60. The Bertz CT molecular complexity index is 1430. The molecular formula is C37H47NO6. The highest BCUT2D eigenvalue weighted by Crippen LogP contribution is 2.70. The first kappa shape index (κ1) is 29.3. The largest absolute Gasteiger partial charge is 0.393 e. The minimum Gasteiger partial charge on any atom is -0.393 e. The van der Waals surface area contributed by atoms with E-state index in [1.54, 1.807) is 12.2 Å². The molecule has 7 nitrogen and oxygen atoms in total. The molecule has 0 aromatic heterocycles. The van der Waals surface area contributed by atoms with E-state index < -0.39 is 36.1 Å². The van der Waals surface area contributed by atoms with Gasteiger partial charge in [0.15, 0.2) is 23.5 Å². The van der Waals surface area contributed by atoms with Gasteiger partial charge < -0.3 is 25.4 Å². The normalized spacial score (nSPS) is 48.8. The van der Waals surface area contributed by atoms with Crippen LogP contribution in [0.3, 0.4) is 0 Å². The van der Waals surface area contributed by atoms with Crippen molar-refractivity contribution in [3.8, 4) is 0 Å². The lowest BCUT2D eigenvalue weighted by atomic mass is 9.46. The number of aliphatic hydroxyl groups excluding tert-OH is 2. The van der Waals surface area contributed by atoms with E-state index >= 15 is 0 Å². The summed E-state index contributed by atoms with van der Waals surface area (Å²) in [6.07, 6.45) is 13.4. The van der Waals surface area contributed by atoms with Gasteiger partial charge in [-0.3, -0.25) is 9.59 Å². The lowest BCUT2D eigenvalue weighted by Crippen LogP contribution is -2.63. The SMILES string of the molecule is C[C@]12C=CC(=O)C=C1CC[C@@H]1[C@@H]2[C@@H](O)C[C@@]2(C)[C@H]1C[C@H]1O[C@@H](c3ccc(CC4CC45CCC(N)CC5)cc3)O[C@]12C(=O)CO. The van der Waals surface area contributed by atoms with Crippen molar-refractivity contribution in [1.29, 1.82) is 0 Å². The molecule has 1 aromatic carbocycles. The van der Waals surface area contributed by atoms with E-state index in [4.69, 9.17) is 15.2 Å². The van der Waals surface area contributed by atoms with Crippen LogP contribution in [-0.4, -0.2) is 52.2 Å². The van der Waals surface area contributed by atoms with Crippen LogP contribution in [0.15, 0.2) is 48.1 Å². The number of fused-ring (bicyclic) bond motifs is 7. The zero-order chi connectivity index (χ0) is 30.6. The smallest absolute Gasteiger partial charge is 0.193 e. The first-order valence-corrected chi connectivity index (χ1v) is 17.0. The summed E-state index contributed by atoms with van der Waals surface area (Å²) < 4.78 is 13.4. The van der Waals surface area contributed by atoms with Gasteiger partial charge in [-0.1, -0.05) is 49.8 Å². The fourth-order valence-electron chi connectivity index (χ4n) is 11.5. The molecule has 6 aliphatic carbocycles. The maximum absolute atomic E-state index is 13.8. The van der Waals surface area contributed by atoms with E-state index in [1.165, 1.54) is 24.8 Å². The van der Waals surface area contributed by atoms with Crippen molar-refractivity contribution in [2.75, 3.05) is 6.61 Å². The number of ketones is 2. The zero-order valence-corrected chi connectivity index (χ0v) is 26.0. The minimum atomic E-state index is -1.32. The average molecular weight is 602 g/mol. The number of hydrogen-bond donors (Lipinski definition) is 3. The van der Waals surface area contributed by atoms with Crippen LogP contribution in [0.25, 0.3) is 0 Å². The summed E-state index contributed by atoms with van der Waals surface area (Å²) in [5.74, 6) is 0.582. The number of aliphatic hydroxyl groups is 2. The number of hydrogen-bond acceptors (Lipinski definition) is 7. The molecule has 8 rings (SSSR count). The predicted molar refractivity (Wildman–Crippen MR) is 164 cm³/mol. The second-order valence-corrected chi connectivity index (χ2v) is 15.9. The topological polar surface area (TPSA) is 119 Å². The minimum absolute atomic E-state index is 0.0145. The molecule has 0 bridgehead atoms. The van der Waals surface area contributed by atoms with E-state index in [1.807, 2.05) is 6.08 Å². The predicted octanol–water partition coefficient (Wildman–Crippen LogP) is 4.74. The summed E-state index contributed by atoms with van der Waals surface area (Å²) in [5, 5.41) is 22.1. The molecule has 1 saturated heterocycles. The number of allylic oxidation sites excluding steroid dienone is 4. The quantitative estimate of drug-likeness (QED) is 0.446. The van der Waals surface area contributed by atoms with E-state index in [0.717, 1.165) is 49.2 Å². The Morgan fingerprint density at radius 2 is 1.84 bits per heavy atom. The van der Waals surface area contributed by atoms with Crippen LogP contribution in [0.5, 0.6) is 0 Å². The molecule has 0 radical (unpaired) electrons. The molecule has 1 aliphatic heterocycles. The molecule has 4 N–H and O–H groups in total. The lowest BCUT2D eigenvalue weighted by molar-refractivity contribution is -0.201. The molecule has 10 atom stereocenters. The van der Waals surface area contributed by atoms with Crippen LogP contribution < -0.4 is 5.73 Å². The Hall–Kier alpha value is -2.16. The Labute approximate surface area is 260 Å². The van der Waals surface area contributed by atoms with E-state index in [2.05, 4.69) is 38.1 Å². The molecule has 44 heavy (non-hydrogen) atoms. The van der Waals surface area contributed by atoms with Crippen molar-refractivity contribution >= 4 is 11.6 Å². The zero-order valence-electron chi connectivity index (χ0n) is 26.0. The maximum atomic E-state index is 13.8. The first-order valence-electron chi connectivity index (χ1n) is 17.0. The van der Waals surface area contributed by atoms with E-state index in [0.29, 0.717) is 24.3 Å². The number of benzene rings is 1. The lowest BCUT2D eigenvalue weighted by Gasteiger charge is -2.59. The van der Waals surface area contributed by atoms with E-state index in [-0.39, 0.29) is 34.7 Å². The maximum Gasteiger partial charge on any atom is 0.193 e. The number of carbonyl (C=O) groups is 2. The second kappa shape index (κ2) is 9.92. The number of nitrogens with two attached hydrogens (primary N) is 1. The van der Waals surface area contributed by atoms with Gasteiger partial charge in [0.1, 0.15) is 6.61 Å². The van der Waals surface area contributed by atoms with Crippen LogP contribution in [0, 0.1) is 39.9 Å². The van der Waals surface area contributed by atoms with Crippen LogP contribution in [0.4, 0.5) is 0 Å². The number of ether oxygens (including phenoxy) is 2. The van der Waals surface area contributed by atoms with Crippen LogP contribution in [-0.2, 0) is 25.5 Å². The standard InChI is InChI=1S/C37H47NO6/c1-34-12-11-26(40)16-23(34)7-8-27-28-17-31-37(30(42)20-39,35(28,2)19-29(41)32(27)34)44-33(43-31)22-5-3-21(4-6-22)15-24-18-36(24)13-9-25(38)10-14-36/h3-6,11-12,16,24-25,27-29,31-33,39,41H,7-10,13-15,17-20,38H2,1-2H3/t24?,25?,27-,28-,29-,31+,32+,33+,34-,35-,36?,37+/m0/s1. The van der Waals surface area contributed by atoms with Crippen LogP contribution >= 0.6 is 0 Å². The van der Waals surface area contributed by atoms with Crippen molar-refractivity contribution in [2.24, 2.45) is 45.7 Å². The third-order valence-corrected chi connectivity index (χ3v) is 13.9. The Morgan fingerprint density at radius 1 is 1.09 bits per heavy atom. The van der Waals surface area contributed by atoms with Gasteiger partial charge >= 0.3 is 0 Å². The van der Waals surface area contributed by atoms with Gasteiger partial charge in [-0.15, -0.1) is 0 Å². The highest BCUT2D eigenvalue weighted by Gasteiger charge is 2.75. The van der Waals surface area contributed by atoms with Crippen LogP contribution in [0.1, 0.15) is 89.1 Å². The summed E-state index contributed by atoms with van der Waals surface area (Å²) in [5.41, 5.74) is 7.56. The van der Waals surface area contributed by atoms with Gasteiger partial charge in [0.05, 0.1) is 12.2 Å². The summed E-state index contributed by atoms with van der Waals surface area (Å²) in [6.45, 7) is 3.60. The van der Waals surface area contributed by atoms with E-state index in [9.17, 15) is 19.8 Å². The fourth-order valence-corrected chi connectivity index (χ4v) is 11.5. The monoisotopic (exact) mass is 601 g/mol. The highest BCUT2D eigenvalue weighted by atomic mass is 16.7. The van der Waals surface area contributed by atoms with Gasteiger partial charge in [-0.25, -0.2) is 0 Å². The van der Waals surface area contributed by atoms with Crippen molar-refractivity contribution < 1.29 is 29.3 Å². The third-order valence-electron chi connectivity index (χ3n) is 13.9. The number of rotatable bonds is 5.